The van der Waals surface area contributed by atoms with Gasteiger partial charge in [-0.25, -0.2) is 18.1 Å². The van der Waals surface area contributed by atoms with E-state index in [4.69, 9.17) is 0 Å². The number of carbonyl (C=O) groups excluding carboxylic acids is 1. The molecule has 1 aromatic heterocycles. The highest BCUT2D eigenvalue weighted by molar-refractivity contribution is 7.89. The molecule has 2 aliphatic rings. The van der Waals surface area contributed by atoms with Gasteiger partial charge in [0.1, 0.15) is 10.7 Å². The first-order chi connectivity index (χ1) is 13.4. The van der Waals surface area contributed by atoms with Crippen molar-refractivity contribution in [3.05, 3.63) is 18.3 Å². The largest absolute Gasteiger partial charge is 0.353 e. The van der Waals surface area contributed by atoms with E-state index >= 15 is 0 Å². The Hall–Kier alpha value is -1.67. The SMILES string of the molecule is CCC(CC)NS(=O)(=O)c1ccc(N2CCN(C(=O)C3CCCC3)CC2)nc1. The van der Waals surface area contributed by atoms with Crippen molar-refractivity contribution in [2.24, 2.45) is 5.92 Å². The molecule has 0 radical (unpaired) electrons. The number of rotatable bonds is 7. The van der Waals surface area contributed by atoms with Crippen molar-refractivity contribution in [2.75, 3.05) is 31.1 Å². The van der Waals surface area contributed by atoms with Gasteiger partial charge in [0.15, 0.2) is 0 Å². The Morgan fingerprint density at radius 3 is 2.32 bits per heavy atom. The summed E-state index contributed by atoms with van der Waals surface area (Å²) in [6, 6.07) is 3.31. The molecular weight excluding hydrogens is 376 g/mol. The van der Waals surface area contributed by atoms with Crippen LogP contribution in [0.15, 0.2) is 23.2 Å². The van der Waals surface area contributed by atoms with Crippen molar-refractivity contribution >= 4 is 21.7 Å². The second kappa shape index (κ2) is 9.22. The van der Waals surface area contributed by atoms with Crippen LogP contribution in [-0.4, -0.2) is 56.4 Å². The Labute approximate surface area is 168 Å². The molecule has 2 fully saturated rings. The Balaban J connectivity index is 1.58. The molecule has 0 spiro atoms. The molecule has 156 valence electrons. The number of hydrogen-bond donors (Lipinski definition) is 1. The molecule has 0 unspecified atom stereocenters. The zero-order chi connectivity index (χ0) is 20.1. The molecule has 28 heavy (non-hydrogen) atoms. The average molecular weight is 409 g/mol. The predicted octanol–water partition coefficient (Wildman–Crippen LogP) is 2.39. The van der Waals surface area contributed by atoms with Crippen LogP contribution in [0.1, 0.15) is 52.4 Å². The van der Waals surface area contributed by atoms with Gasteiger partial charge in [-0.1, -0.05) is 26.7 Å². The highest BCUT2D eigenvalue weighted by atomic mass is 32.2. The summed E-state index contributed by atoms with van der Waals surface area (Å²) in [5.74, 6) is 1.28. The molecule has 8 heteroatoms. The average Bonchev–Trinajstić information content (AvgIpc) is 3.26. The summed E-state index contributed by atoms with van der Waals surface area (Å²) in [5.41, 5.74) is 0. The van der Waals surface area contributed by atoms with E-state index in [0.29, 0.717) is 19.0 Å². The van der Waals surface area contributed by atoms with Crippen LogP contribution in [0.2, 0.25) is 0 Å². The lowest BCUT2D eigenvalue weighted by Crippen LogP contribution is -2.50. The maximum absolute atomic E-state index is 12.6. The first kappa shape index (κ1) is 21.0. The van der Waals surface area contributed by atoms with E-state index < -0.39 is 10.0 Å². The van der Waals surface area contributed by atoms with Gasteiger partial charge in [-0.05, 0) is 37.8 Å². The second-order valence-corrected chi connectivity index (χ2v) is 9.49. The highest BCUT2D eigenvalue weighted by Gasteiger charge is 2.29. The number of pyridine rings is 1. The van der Waals surface area contributed by atoms with Crippen LogP contribution in [0.5, 0.6) is 0 Å². The maximum Gasteiger partial charge on any atom is 0.242 e. The van der Waals surface area contributed by atoms with Crippen LogP contribution in [0.25, 0.3) is 0 Å². The number of nitrogens with one attached hydrogen (secondary N) is 1. The summed E-state index contributed by atoms with van der Waals surface area (Å²) in [6.07, 6.45) is 7.33. The summed E-state index contributed by atoms with van der Waals surface area (Å²) in [7, 11) is -3.54. The Kier molecular flexibility index (Phi) is 6.93. The third-order valence-electron chi connectivity index (χ3n) is 5.96. The first-order valence-electron chi connectivity index (χ1n) is 10.5. The Bertz CT molecular complexity index is 748. The van der Waals surface area contributed by atoms with Gasteiger partial charge in [0.25, 0.3) is 0 Å². The zero-order valence-electron chi connectivity index (χ0n) is 16.9. The predicted molar refractivity (Wildman–Crippen MR) is 110 cm³/mol. The minimum Gasteiger partial charge on any atom is -0.353 e. The van der Waals surface area contributed by atoms with Crippen molar-refractivity contribution in [3.63, 3.8) is 0 Å². The number of nitrogens with zero attached hydrogens (tertiary/aromatic N) is 3. The lowest BCUT2D eigenvalue weighted by Gasteiger charge is -2.36. The zero-order valence-corrected chi connectivity index (χ0v) is 17.7. The maximum atomic E-state index is 12.6. The molecule has 1 saturated carbocycles. The number of piperazine rings is 1. The van der Waals surface area contributed by atoms with Gasteiger partial charge < -0.3 is 9.80 Å². The first-order valence-corrected chi connectivity index (χ1v) is 11.9. The normalized spacial score (nSPS) is 18.8. The smallest absolute Gasteiger partial charge is 0.242 e. The van der Waals surface area contributed by atoms with Gasteiger partial charge in [-0.2, -0.15) is 0 Å². The molecule has 0 aromatic carbocycles. The molecule has 0 atom stereocenters. The van der Waals surface area contributed by atoms with Crippen molar-refractivity contribution in [3.8, 4) is 0 Å². The van der Waals surface area contributed by atoms with Gasteiger partial charge in [-0.15, -0.1) is 0 Å². The number of anilines is 1. The minimum absolute atomic E-state index is 0.0600. The second-order valence-electron chi connectivity index (χ2n) is 7.78. The molecule has 1 N–H and O–H groups in total. The van der Waals surface area contributed by atoms with Crippen LogP contribution in [-0.2, 0) is 14.8 Å². The van der Waals surface area contributed by atoms with E-state index in [-0.39, 0.29) is 16.9 Å². The molecule has 0 bridgehead atoms. The number of hydrogen-bond acceptors (Lipinski definition) is 5. The molecule has 7 nitrogen and oxygen atoms in total. The van der Waals surface area contributed by atoms with E-state index in [1.807, 2.05) is 18.7 Å². The highest BCUT2D eigenvalue weighted by Crippen LogP contribution is 2.27. The molecular formula is C20H32N4O3S. The van der Waals surface area contributed by atoms with Crippen molar-refractivity contribution in [2.45, 2.75) is 63.3 Å². The minimum atomic E-state index is -3.54. The monoisotopic (exact) mass is 408 g/mol. The number of sulfonamides is 1. The number of amides is 1. The van der Waals surface area contributed by atoms with Gasteiger partial charge >= 0.3 is 0 Å². The van der Waals surface area contributed by atoms with Crippen LogP contribution in [0, 0.1) is 5.92 Å². The van der Waals surface area contributed by atoms with E-state index in [1.54, 1.807) is 12.1 Å². The summed E-state index contributed by atoms with van der Waals surface area (Å²) in [5, 5.41) is 0. The lowest BCUT2D eigenvalue weighted by atomic mass is 10.1. The van der Waals surface area contributed by atoms with E-state index in [2.05, 4.69) is 14.6 Å². The van der Waals surface area contributed by atoms with Crippen molar-refractivity contribution < 1.29 is 13.2 Å². The number of carbonyl (C=O) groups is 1. The van der Waals surface area contributed by atoms with Crippen molar-refractivity contribution in [1.29, 1.82) is 0 Å². The Morgan fingerprint density at radius 1 is 1.14 bits per heavy atom. The fraction of sp³-hybridized carbons (Fsp3) is 0.700. The fourth-order valence-corrected chi connectivity index (χ4v) is 5.40. The van der Waals surface area contributed by atoms with Crippen LogP contribution < -0.4 is 9.62 Å². The molecule has 1 aliphatic carbocycles. The van der Waals surface area contributed by atoms with Crippen LogP contribution >= 0.6 is 0 Å². The van der Waals surface area contributed by atoms with E-state index in [1.165, 1.54) is 19.0 Å². The molecule has 1 aromatic rings. The molecule has 1 saturated heterocycles. The van der Waals surface area contributed by atoms with E-state index in [0.717, 1.165) is 44.6 Å². The molecule has 1 aliphatic heterocycles. The summed E-state index contributed by atoms with van der Waals surface area (Å²) < 4.78 is 27.7. The topological polar surface area (TPSA) is 82.6 Å². The van der Waals surface area contributed by atoms with Crippen molar-refractivity contribution in [1.82, 2.24) is 14.6 Å². The van der Waals surface area contributed by atoms with Gasteiger partial charge in [0.05, 0.1) is 0 Å². The van der Waals surface area contributed by atoms with Crippen LogP contribution in [0.3, 0.4) is 0 Å². The Morgan fingerprint density at radius 2 is 1.79 bits per heavy atom. The van der Waals surface area contributed by atoms with Crippen LogP contribution in [0.4, 0.5) is 5.82 Å². The molecule has 1 amide bonds. The summed E-state index contributed by atoms with van der Waals surface area (Å²) in [4.78, 5) is 21.2. The van der Waals surface area contributed by atoms with Gasteiger partial charge in [0.2, 0.25) is 15.9 Å². The summed E-state index contributed by atoms with van der Waals surface area (Å²) in [6.45, 7) is 6.79. The lowest BCUT2D eigenvalue weighted by molar-refractivity contribution is -0.135. The third-order valence-corrected chi connectivity index (χ3v) is 7.46. The van der Waals surface area contributed by atoms with Gasteiger partial charge in [-0.3, -0.25) is 4.79 Å². The number of aromatic nitrogens is 1. The molecule has 2 heterocycles. The molecule has 3 rings (SSSR count). The quantitative estimate of drug-likeness (QED) is 0.749. The van der Waals surface area contributed by atoms with Gasteiger partial charge in [0, 0.05) is 44.3 Å². The van der Waals surface area contributed by atoms with E-state index in [9.17, 15) is 13.2 Å². The summed E-state index contributed by atoms with van der Waals surface area (Å²) >= 11 is 0. The standard InChI is InChI=1S/C20H32N4O3S/c1-3-17(4-2)22-28(26,27)18-9-10-19(21-15-18)23-11-13-24(14-12-23)20(25)16-7-5-6-8-16/h9-10,15-17,22H,3-8,11-14H2,1-2H3. The third kappa shape index (κ3) is 4.84. The fourth-order valence-electron chi connectivity index (χ4n) is 4.05.